The van der Waals surface area contributed by atoms with Crippen molar-refractivity contribution in [3.63, 3.8) is 0 Å². The van der Waals surface area contributed by atoms with Gasteiger partial charge in [-0.2, -0.15) is 0 Å². The molecule has 1 aliphatic rings. The minimum atomic E-state index is -0.701. The number of hydrogen-bond donors (Lipinski definition) is 1. The fourth-order valence-electron chi connectivity index (χ4n) is 2.94. The summed E-state index contributed by atoms with van der Waals surface area (Å²) >= 11 is 0. The molecule has 1 fully saturated rings. The molecule has 0 spiro atoms. The summed E-state index contributed by atoms with van der Waals surface area (Å²) in [5.74, 6) is -0.701. The monoisotopic (exact) mass is 276 g/mol. The molecule has 1 unspecified atom stereocenters. The number of carbonyl (C=O) groups is 1. The summed E-state index contributed by atoms with van der Waals surface area (Å²) < 4.78 is 0. The number of anilines is 1. The summed E-state index contributed by atoms with van der Waals surface area (Å²) in [7, 11) is 0. The standard InChI is InChI=1S/C16H24N2O2/c1-4-14(16(19)20)17-8-10-18(11-9-17)15-7-5-6-12(2)13(15)3/h5-7,14H,4,8-11H2,1-3H3,(H,19,20). The Balaban J connectivity index is 2.04. The van der Waals surface area contributed by atoms with E-state index in [1.165, 1.54) is 16.8 Å². The number of carboxylic acid groups (broad SMARTS) is 1. The van der Waals surface area contributed by atoms with E-state index in [0.717, 1.165) is 26.2 Å². The Kier molecular flexibility index (Phi) is 4.65. The van der Waals surface area contributed by atoms with Crippen molar-refractivity contribution in [2.75, 3.05) is 31.1 Å². The van der Waals surface area contributed by atoms with Crippen LogP contribution in [0.25, 0.3) is 0 Å². The van der Waals surface area contributed by atoms with E-state index in [2.05, 4.69) is 41.8 Å². The molecule has 2 rings (SSSR count). The van der Waals surface area contributed by atoms with Gasteiger partial charge in [0.1, 0.15) is 6.04 Å². The molecule has 20 heavy (non-hydrogen) atoms. The highest BCUT2D eigenvalue weighted by atomic mass is 16.4. The maximum absolute atomic E-state index is 11.2. The highest BCUT2D eigenvalue weighted by Gasteiger charge is 2.27. The first-order valence-corrected chi connectivity index (χ1v) is 7.32. The number of piperazine rings is 1. The zero-order chi connectivity index (χ0) is 14.7. The molecule has 1 aromatic rings. The van der Waals surface area contributed by atoms with E-state index in [1.54, 1.807) is 0 Å². The fourth-order valence-corrected chi connectivity index (χ4v) is 2.94. The first kappa shape index (κ1) is 14.9. The van der Waals surface area contributed by atoms with Crippen LogP contribution in [-0.4, -0.2) is 48.2 Å². The van der Waals surface area contributed by atoms with Crippen molar-refractivity contribution < 1.29 is 9.90 Å². The van der Waals surface area contributed by atoms with Gasteiger partial charge in [0.15, 0.2) is 0 Å². The van der Waals surface area contributed by atoms with Crippen LogP contribution in [0.2, 0.25) is 0 Å². The zero-order valence-electron chi connectivity index (χ0n) is 12.6. The van der Waals surface area contributed by atoms with Gasteiger partial charge < -0.3 is 10.0 Å². The smallest absolute Gasteiger partial charge is 0.320 e. The van der Waals surface area contributed by atoms with Crippen LogP contribution in [0.3, 0.4) is 0 Å². The molecular weight excluding hydrogens is 252 g/mol. The van der Waals surface area contributed by atoms with Crippen molar-refractivity contribution in [3.05, 3.63) is 29.3 Å². The molecule has 1 aromatic carbocycles. The molecule has 0 aromatic heterocycles. The van der Waals surface area contributed by atoms with Crippen molar-refractivity contribution in [1.29, 1.82) is 0 Å². The second-order valence-corrected chi connectivity index (χ2v) is 5.50. The molecular formula is C16H24N2O2. The lowest BCUT2D eigenvalue weighted by molar-refractivity contribution is -0.143. The molecule has 0 aliphatic carbocycles. The molecule has 1 aliphatic heterocycles. The minimum Gasteiger partial charge on any atom is -0.480 e. The van der Waals surface area contributed by atoms with Crippen LogP contribution in [-0.2, 0) is 4.79 Å². The van der Waals surface area contributed by atoms with E-state index >= 15 is 0 Å². The van der Waals surface area contributed by atoms with Crippen LogP contribution < -0.4 is 4.90 Å². The van der Waals surface area contributed by atoms with E-state index in [-0.39, 0.29) is 6.04 Å². The normalized spacial score (nSPS) is 18.1. The number of hydrogen-bond acceptors (Lipinski definition) is 3. The van der Waals surface area contributed by atoms with Gasteiger partial charge in [-0.15, -0.1) is 0 Å². The summed E-state index contributed by atoms with van der Waals surface area (Å²) in [6.45, 7) is 9.66. The highest BCUT2D eigenvalue weighted by Crippen LogP contribution is 2.24. The lowest BCUT2D eigenvalue weighted by Gasteiger charge is -2.39. The van der Waals surface area contributed by atoms with Crippen molar-refractivity contribution in [2.45, 2.75) is 33.2 Å². The number of benzene rings is 1. The molecule has 4 nitrogen and oxygen atoms in total. The van der Waals surface area contributed by atoms with E-state index in [4.69, 9.17) is 0 Å². The van der Waals surface area contributed by atoms with Gasteiger partial charge in [-0.05, 0) is 37.5 Å². The summed E-state index contributed by atoms with van der Waals surface area (Å²) in [6, 6.07) is 6.05. The predicted molar refractivity (Wildman–Crippen MR) is 81.4 cm³/mol. The van der Waals surface area contributed by atoms with Crippen LogP contribution in [0.15, 0.2) is 18.2 Å². The Morgan fingerprint density at radius 1 is 1.25 bits per heavy atom. The molecule has 0 radical (unpaired) electrons. The predicted octanol–water partition coefficient (Wildman–Crippen LogP) is 2.29. The summed E-state index contributed by atoms with van der Waals surface area (Å²) in [5, 5.41) is 9.23. The van der Waals surface area contributed by atoms with Gasteiger partial charge >= 0.3 is 5.97 Å². The third kappa shape index (κ3) is 2.96. The Bertz CT molecular complexity index is 479. The van der Waals surface area contributed by atoms with Crippen LogP contribution >= 0.6 is 0 Å². The Morgan fingerprint density at radius 3 is 2.45 bits per heavy atom. The number of aliphatic carboxylic acids is 1. The van der Waals surface area contributed by atoms with Crippen molar-refractivity contribution in [2.24, 2.45) is 0 Å². The van der Waals surface area contributed by atoms with Crippen LogP contribution in [0.5, 0.6) is 0 Å². The third-order valence-electron chi connectivity index (χ3n) is 4.34. The first-order chi connectivity index (χ1) is 9.54. The van der Waals surface area contributed by atoms with Crippen LogP contribution in [0.4, 0.5) is 5.69 Å². The van der Waals surface area contributed by atoms with E-state index in [1.807, 2.05) is 6.92 Å². The number of rotatable bonds is 4. The minimum absolute atomic E-state index is 0.337. The van der Waals surface area contributed by atoms with Gasteiger partial charge in [0.2, 0.25) is 0 Å². The summed E-state index contributed by atoms with van der Waals surface area (Å²) in [5.41, 5.74) is 3.92. The second-order valence-electron chi connectivity index (χ2n) is 5.50. The fraction of sp³-hybridized carbons (Fsp3) is 0.562. The van der Waals surface area contributed by atoms with Crippen LogP contribution in [0.1, 0.15) is 24.5 Å². The van der Waals surface area contributed by atoms with Crippen molar-refractivity contribution >= 4 is 11.7 Å². The summed E-state index contributed by atoms with van der Waals surface area (Å²) in [4.78, 5) is 15.7. The van der Waals surface area contributed by atoms with Crippen molar-refractivity contribution in [3.8, 4) is 0 Å². The van der Waals surface area contributed by atoms with E-state index in [9.17, 15) is 9.90 Å². The summed E-state index contributed by atoms with van der Waals surface area (Å²) in [6.07, 6.45) is 0.665. The number of nitrogens with zero attached hydrogens (tertiary/aromatic N) is 2. The SMILES string of the molecule is CCC(C(=O)O)N1CCN(c2cccc(C)c2C)CC1. The van der Waals surface area contributed by atoms with Gasteiger partial charge in [0.05, 0.1) is 0 Å². The number of carboxylic acids is 1. The lowest BCUT2D eigenvalue weighted by Crippen LogP contribution is -2.52. The maximum Gasteiger partial charge on any atom is 0.320 e. The van der Waals surface area contributed by atoms with Gasteiger partial charge in [-0.1, -0.05) is 19.1 Å². The molecule has 110 valence electrons. The Hall–Kier alpha value is -1.55. The zero-order valence-corrected chi connectivity index (χ0v) is 12.6. The Labute approximate surface area is 121 Å². The molecule has 0 bridgehead atoms. The quantitative estimate of drug-likeness (QED) is 0.916. The first-order valence-electron chi connectivity index (χ1n) is 7.32. The maximum atomic E-state index is 11.2. The van der Waals surface area contributed by atoms with Gasteiger partial charge in [-0.25, -0.2) is 0 Å². The van der Waals surface area contributed by atoms with Gasteiger partial charge in [-0.3, -0.25) is 9.69 Å². The largest absolute Gasteiger partial charge is 0.480 e. The van der Waals surface area contributed by atoms with E-state index in [0.29, 0.717) is 6.42 Å². The lowest BCUT2D eigenvalue weighted by atomic mass is 10.1. The van der Waals surface area contributed by atoms with Gasteiger partial charge in [0.25, 0.3) is 0 Å². The molecule has 1 N–H and O–H groups in total. The molecule has 0 saturated carbocycles. The highest BCUT2D eigenvalue weighted by molar-refractivity contribution is 5.73. The topological polar surface area (TPSA) is 43.8 Å². The second kappa shape index (κ2) is 6.27. The molecule has 1 heterocycles. The Morgan fingerprint density at radius 2 is 1.90 bits per heavy atom. The molecule has 1 saturated heterocycles. The molecule has 1 atom stereocenters. The van der Waals surface area contributed by atoms with Crippen molar-refractivity contribution in [1.82, 2.24) is 4.90 Å². The van der Waals surface area contributed by atoms with E-state index < -0.39 is 5.97 Å². The molecule has 4 heteroatoms. The third-order valence-corrected chi connectivity index (χ3v) is 4.34. The number of aryl methyl sites for hydroxylation is 1. The van der Waals surface area contributed by atoms with Crippen LogP contribution in [0, 0.1) is 13.8 Å². The molecule has 0 amide bonds. The van der Waals surface area contributed by atoms with Gasteiger partial charge in [0, 0.05) is 31.9 Å². The average molecular weight is 276 g/mol. The average Bonchev–Trinajstić information content (AvgIpc) is 2.43.